The number of ether oxygens (including phenoxy) is 1. The molecule has 0 aliphatic carbocycles. The molecule has 19 heavy (non-hydrogen) atoms. The molecule has 3 heterocycles. The van der Waals surface area contributed by atoms with Crippen LogP contribution in [0.5, 0.6) is 0 Å². The van der Waals surface area contributed by atoms with Gasteiger partial charge in [0.15, 0.2) is 11.5 Å². The molecule has 1 fully saturated rings. The van der Waals surface area contributed by atoms with E-state index >= 15 is 0 Å². The van der Waals surface area contributed by atoms with Crippen molar-refractivity contribution in [2.45, 2.75) is 12.3 Å². The van der Waals surface area contributed by atoms with Crippen LogP contribution >= 0.6 is 0 Å². The number of rotatable bonds is 4. The molecule has 1 aliphatic rings. The molecule has 0 spiro atoms. The number of alkyl halides is 1. The number of hydrogen-bond donors (Lipinski definition) is 2. The van der Waals surface area contributed by atoms with Crippen molar-refractivity contribution in [1.29, 1.82) is 0 Å². The molecule has 0 amide bonds. The first-order valence-corrected chi connectivity index (χ1v) is 5.97. The topological polar surface area (TPSA) is 85.1 Å². The molecule has 0 bridgehead atoms. The number of aromatic nitrogens is 4. The van der Waals surface area contributed by atoms with Crippen molar-refractivity contribution < 1.29 is 14.2 Å². The lowest BCUT2D eigenvalue weighted by Crippen LogP contribution is -2.48. The van der Waals surface area contributed by atoms with Crippen LogP contribution in [0.25, 0.3) is 11.2 Å². The molecule has 2 aromatic rings. The van der Waals surface area contributed by atoms with Gasteiger partial charge in [-0.2, -0.15) is 0 Å². The van der Waals surface area contributed by atoms with Gasteiger partial charge < -0.3 is 15.2 Å². The number of aliphatic hydroxyl groups is 1. The average Bonchev–Trinajstić information content (AvgIpc) is 2.82. The van der Waals surface area contributed by atoms with Gasteiger partial charge in [0, 0.05) is 7.05 Å². The van der Waals surface area contributed by atoms with E-state index in [4.69, 9.17) is 9.84 Å². The fourth-order valence-electron chi connectivity index (χ4n) is 2.32. The molecular formula is C11H14FN5O2. The molecule has 2 N–H and O–H groups in total. The van der Waals surface area contributed by atoms with Gasteiger partial charge in [0.2, 0.25) is 0 Å². The van der Waals surface area contributed by atoms with Crippen LogP contribution in [0.4, 0.5) is 10.2 Å². The van der Waals surface area contributed by atoms with Crippen molar-refractivity contribution in [3.63, 3.8) is 0 Å². The number of aliphatic hydroxyl groups excluding tert-OH is 1. The largest absolute Gasteiger partial charge is 0.394 e. The predicted octanol–water partition coefficient (Wildman–Crippen LogP) is 0.343. The van der Waals surface area contributed by atoms with E-state index in [-0.39, 0.29) is 12.5 Å². The van der Waals surface area contributed by atoms with Crippen molar-refractivity contribution in [3.05, 3.63) is 12.7 Å². The Labute approximate surface area is 108 Å². The summed E-state index contributed by atoms with van der Waals surface area (Å²) in [5.74, 6) is 0.231. The van der Waals surface area contributed by atoms with Gasteiger partial charge in [0.1, 0.15) is 18.1 Å². The van der Waals surface area contributed by atoms with Crippen LogP contribution in [0.15, 0.2) is 12.7 Å². The minimum absolute atomic E-state index is 0.186. The summed E-state index contributed by atoms with van der Waals surface area (Å²) in [7, 11) is 1.74. The van der Waals surface area contributed by atoms with Crippen LogP contribution in [0.2, 0.25) is 0 Å². The van der Waals surface area contributed by atoms with Crippen molar-refractivity contribution in [1.82, 2.24) is 19.5 Å². The molecule has 3 atom stereocenters. The molecular weight excluding hydrogens is 253 g/mol. The number of fused-ring (bicyclic) bond motifs is 1. The van der Waals surface area contributed by atoms with Crippen molar-refractivity contribution >= 4 is 17.0 Å². The second kappa shape index (κ2) is 4.71. The highest BCUT2D eigenvalue weighted by Gasteiger charge is 2.44. The van der Waals surface area contributed by atoms with E-state index in [0.29, 0.717) is 17.0 Å². The molecule has 0 saturated carbocycles. The fourth-order valence-corrected chi connectivity index (χ4v) is 2.32. The summed E-state index contributed by atoms with van der Waals surface area (Å²) in [5, 5.41) is 12.0. The van der Waals surface area contributed by atoms with Gasteiger partial charge in [-0.05, 0) is 0 Å². The standard InChI is InChI=1S/C11H14FN5O2/c1-13-9-8-10(15-4-14-9)17(5-16-8)11-6(2-12)7(3-18)19-11/h4-7,11,18H,2-3H2,1H3,(H,13,14,15)/t6-,7+,11+/m0/s1. The molecule has 1 saturated heterocycles. The lowest BCUT2D eigenvalue weighted by Gasteiger charge is -2.42. The van der Waals surface area contributed by atoms with Gasteiger partial charge >= 0.3 is 0 Å². The monoisotopic (exact) mass is 267 g/mol. The van der Waals surface area contributed by atoms with E-state index in [0.717, 1.165) is 0 Å². The highest BCUT2D eigenvalue weighted by Crippen LogP contribution is 2.38. The zero-order chi connectivity index (χ0) is 13.4. The third-order valence-electron chi connectivity index (χ3n) is 3.39. The molecule has 7 nitrogen and oxygen atoms in total. The van der Waals surface area contributed by atoms with Crippen LogP contribution in [0.3, 0.4) is 0 Å². The summed E-state index contributed by atoms with van der Waals surface area (Å²) in [6.45, 7) is -0.742. The summed E-state index contributed by atoms with van der Waals surface area (Å²) in [6, 6.07) is 0. The third kappa shape index (κ3) is 1.75. The number of imidazole rings is 1. The summed E-state index contributed by atoms with van der Waals surface area (Å²) < 4.78 is 20.1. The maximum atomic E-state index is 13.0. The zero-order valence-corrected chi connectivity index (χ0v) is 10.3. The van der Waals surface area contributed by atoms with Crippen LogP contribution in [0.1, 0.15) is 6.23 Å². The molecule has 0 unspecified atom stereocenters. The van der Waals surface area contributed by atoms with Crippen LogP contribution in [0, 0.1) is 5.92 Å². The lowest BCUT2D eigenvalue weighted by atomic mass is 9.96. The Morgan fingerprint density at radius 1 is 1.47 bits per heavy atom. The SMILES string of the molecule is CNc1ncnc2c1ncn2[C@@H]1O[C@H](CO)[C@@H]1CF. The Bertz CT molecular complexity index is 589. The minimum Gasteiger partial charge on any atom is -0.394 e. The molecule has 8 heteroatoms. The van der Waals surface area contributed by atoms with Gasteiger partial charge in [-0.15, -0.1) is 0 Å². The predicted molar refractivity (Wildman–Crippen MR) is 65.3 cm³/mol. The van der Waals surface area contributed by atoms with E-state index in [1.807, 2.05) is 0 Å². The number of hydrogen-bond acceptors (Lipinski definition) is 6. The first-order valence-electron chi connectivity index (χ1n) is 5.97. The molecule has 102 valence electrons. The molecule has 0 radical (unpaired) electrons. The summed E-state index contributed by atoms with van der Waals surface area (Å²) in [5.41, 5.74) is 1.19. The molecule has 2 aromatic heterocycles. The van der Waals surface area contributed by atoms with Crippen LogP contribution in [-0.2, 0) is 4.74 Å². The summed E-state index contributed by atoms with van der Waals surface area (Å²) in [4.78, 5) is 12.4. The van der Waals surface area contributed by atoms with E-state index < -0.39 is 19.0 Å². The van der Waals surface area contributed by atoms with E-state index in [9.17, 15) is 4.39 Å². The fraction of sp³-hybridized carbons (Fsp3) is 0.545. The number of nitrogens with one attached hydrogen (secondary N) is 1. The third-order valence-corrected chi connectivity index (χ3v) is 3.39. The highest BCUT2D eigenvalue weighted by molar-refractivity contribution is 5.82. The summed E-state index contributed by atoms with van der Waals surface area (Å²) in [6.07, 6.45) is 2.03. The summed E-state index contributed by atoms with van der Waals surface area (Å²) >= 11 is 0. The Hall–Kier alpha value is -1.80. The quantitative estimate of drug-likeness (QED) is 0.831. The average molecular weight is 267 g/mol. The number of anilines is 1. The Balaban J connectivity index is 1.98. The second-order valence-electron chi connectivity index (χ2n) is 4.36. The van der Waals surface area contributed by atoms with Crippen molar-refractivity contribution in [2.75, 3.05) is 25.6 Å². The maximum Gasteiger partial charge on any atom is 0.167 e. The molecule has 3 rings (SSSR count). The van der Waals surface area contributed by atoms with E-state index in [1.54, 1.807) is 17.9 Å². The first kappa shape index (κ1) is 12.2. The Morgan fingerprint density at radius 3 is 3.00 bits per heavy atom. The van der Waals surface area contributed by atoms with Gasteiger partial charge in [0.05, 0.1) is 31.6 Å². The Morgan fingerprint density at radius 2 is 2.32 bits per heavy atom. The van der Waals surface area contributed by atoms with Gasteiger partial charge in [-0.25, -0.2) is 15.0 Å². The second-order valence-corrected chi connectivity index (χ2v) is 4.36. The van der Waals surface area contributed by atoms with E-state index in [1.165, 1.54) is 6.33 Å². The smallest absolute Gasteiger partial charge is 0.167 e. The van der Waals surface area contributed by atoms with Gasteiger partial charge in [-0.1, -0.05) is 0 Å². The van der Waals surface area contributed by atoms with Gasteiger partial charge in [0.25, 0.3) is 0 Å². The Kier molecular flexibility index (Phi) is 3.03. The highest BCUT2D eigenvalue weighted by atomic mass is 19.1. The first-order chi connectivity index (χ1) is 9.30. The lowest BCUT2D eigenvalue weighted by molar-refractivity contribution is -0.237. The normalized spacial score (nSPS) is 26.4. The van der Waals surface area contributed by atoms with Crippen LogP contribution < -0.4 is 5.32 Å². The maximum absolute atomic E-state index is 13.0. The zero-order valence-electron chi connectivity index (χ0n) is 10.3. The minimum atomic E-state index is -0.556. The molecule has 0 aromatic carbocycles. The van der Waals surface area contributed by atoms with E-state index in [2.05, 4.69) is 20.3 Å². The van der Waals surface area contributed by atoms with Gasteiger partial charge in [-0.3, -0.25) is 8.96 Å². The van der Waals surface area contributed by atoms with Crippen molar-refractivity contribution in [2.24, 2.45) is 5.92 Å². The molecule has 1 aliphatic heterocycles. The number of halogens is 1. The van der Waals surface area contributed by atoms with Crippen LogP contribution in [-0.4, -0.2) is 51.1 Å². The number of nitrogens with zero attached hydrogens (tertiary/aromatic N) is 4. The van der Waals surface area contributed by atoms with Crippen molar-refractivity contribution in [3.8, 4) is 0 Å².